The maximum Gasteiger partial charge on any atom is 0.328 e. The van der Waals surface area contributed by atoms with Crippen molar-refractivity contribution < 1.29 is 28.9 Å². The van der Waals surface area contributed by atoms with Crippen molar-refractivity contribution >= 4 is 11.9 Å². The highest BCUT2D eigenvalue weighted by Gasteiger charge is 2.30. The molecule has 0 radical (unpaired) electrons. The molecule has 0 aliphatic carbocycles. The number of aromatic hydroxyl groups is 1. The van der Waals surface area contributed by atoms with Crippen LogP contribution in [0.3, 0.4) is 0 Å². The third-order valence-electron chi connectivity index (χ3n) is 4.46. The number of methoxy groups -OCH3 is 1. The summed E-state index contributed by atoms with van der Waals surface area (Å²) in [5, 5.41) is 12.5. The predicted octanol–water partition coefficient (Wildman–Crippen LogP) is 2.95. The molecule has 0 aliphatic heterocycles. The second kappa shape index (κ2) is 10.5. The van der Waals surface area contributed by atoms with E-state index in [0.717, 1.165) is 0 Å². The van der Waals surface area contributed by atoms with Crippen LogP contribution in [0.25, 0.3) is 0 Å². The van der Waals surface area contributed by atoms with Gasteiger partial charge in [0.15, 0.2) is 17.2 Å². The van der Waals surface area contributed by atoms with Crippen LogP contribution in [0.4, 0.5) is 0 Å². The number of amides is 1. The van der Waals surface area contributed by atoms with Crippen LogP contribution in [-0.4, -0.2) is 47.3 Å². The Kier molecular flexibility index (Phi) is 8.03. The topological polar surface area (TPSA) is 107 Å². The number of rotatable bonds is 9. The number of carbonyl (C=O) groups is 2. The second-order valence-electron chi connectivity index (χ2n) is 7.19. The van der Waals surface area contributed by atoms with Crippen LogP contribution >= 0.6 is 0 Å². The smallest absolute Gasteiger partial charge is 0.328 e. The lowest BCUT2D eigenvalue weighted by atomic mass is 10.0. The van der Waals surface area contributed by atoms with Gasteiger partial charge in [0.05, 0.1) is 7.11 Å². The molecule has 0 saturated carbocycles. The largest absolute Gasteiger partial charge is 0.503 e. The van der Waals surface area contributed by atoms with Crippen LogP contribution in [0.15, 0.2) is 42.6 Å². The van der Waals surface area contributed by atoms with E-state index in [1.54, 1.807) is 0 Å². The number of esters is 1. The molecule has 0 aliphatic rings. The first kappa shape index (κ1) is 23.0. The Morgan fingerprint density at radius 1 is 1.07 bits per heavy atom. The molecular weight excluding hydrogens is 388 g/mol. The Labute approximate surface area is 176 Å². The highest BCUT2D eigenvalue weighted by Crippen LogP contribution is 2.27. The average Bonchev–Trinajstić information content (AvgIpc) is 2.72. The van der Waals surface area contributed by atoms with E-state index in [1.165, 1.54) is 26.3 Å². The maximum atomic E-state index is 12.6. The lowest BCUT2D eigenvalue weighted by Gasteiger charge is -2.29. The first-order chi connectivity index (χ1) is 14.2. The molecule has 2 rings (SSSR count). The van der Waals surface area contributed by atoms with Crippen LogP contribution in [0.1, 0.15) is 38.2 Å². The van der Waals surface area contributed by atoms with Crippen molar-refractivity contribution in [3.63, 3.8) is 0 Å². The van der Waals surface area contributed by atoms with E-state index < -0.39 is 35.9 Å². The quantitative estimate of drug-likeness (QED) is 0.605. The first-order valence-corrected chi connectivity index (χ1v) is 9.69. The van der Waals surface area contributed by atoms with Crippen molar-refractivity contribution in [3.05, 3.63) is 48.3 Å². The number of aromatic nitrogens is 1. The Bertz CT molecular complexity index is 856. The lowest BCUT2D eigenvalue weighted by Crippen LogP contribution is -2.45. The Balaban J connectivity index is 2.02. The molecule has 0 unspecified atom stereocenters. The van der Waals surface area contributed by atoms with Gasteiger partial charge in [-0.25, -0.2) is 9.78 Å². The first-order valence-electron chi connectivity index (χ1n) is 9.69. The molecule has 1 aromatic carbocycles. The lowest BCUT2D eigenvalue weighted by molar-refractivity contribution is -0.158. The molecule has 1 aromatic heterocycles. The van der Waals surface area contributed by atoms with Gasteiger partial charge >= 0.3 is 5.97 Å². The molecule has 0 saturated heterocycles. The van der Waals surface area contributed by atoms with Crippen LogP contribution in [0.5, 0.6) is 17.2 Å². The van der Waals surface area contributed by atoms with E-state index in [0.29, 0.717) is 5.75 Å². The summed E-state index contributed by atoms with van der Waals surface area (Å²) in [6, 6.07) is 9.71. The minimum absolute atomic E-state index is 0.0142. The third kappa shape index (κ3) is 5.85. The van der Waals surface area contributed by atoms with Gasteiger partial charge in [-0.3, -0.25) is 4.79 Å². The predicted molar refractivity (Wildman–Crippen MR) is 111 cm³/mol. The van der Waals surface area contributed by atoms with Gasteiger partial charge in [0.25, 0.3) is 5.91 Å². The summed E-state index contributed by atoms with van der Waals surface area (Å²) in [6.07, 6.45) is 0.400. The van der Waals surface area contributed by atoms with E-state index in [9.17, 15) is 14.7 Å². The highest BCUT2D eigenvalue weighted by atomic mass is 16.6. The van der Waals surface area contributed by atoms with Gasteiger partial charge in [0, 0.05) is 12.3 Å². The Morgan fingerprint density at radius 2 is 1.73 bits per heavy atom. The van der Waals surface area contributed by atoms with Crippen LogP contribution < -0.4 is 14.8 Å². The van der Waals surface area contributed by atoms with Gasteiger partial charge in [-0.2, -0.15) is 0 Å². The summed E-state index contributed by atoms with van der Waals surface area (Å²) in [5.41, 5.74) is -0.241. The SMILES string of the molecule is COc1ccnc(C(=O)N[C@@H](C)C(=O)O[C@H](C(C)C)[C@@H](C)Oc2ccccc2)c1O. The van der Waals surface area contributed by atoms with Gasteiger partial charge in [0.2, 0.25) is 0 Å². The Morgan fingerprint density at radius 3 is 2.33 bits per heavy atom. The molecule has 1 amide bonds. The summed E-state index contributed by atoms with van der Waals surface area (Å²) in [4.78, 5) is 28.9. The zero-order valence-corrected chi connectivity index (χ0v) is 17.8. The fourth-order valence-corrected chi connectivity index (χ4v) is 2.88. The molecule has 2 N–H and O–H groups in total. The number of nitrogens with one attached hydrogen (secondary N) is 1. The van der Waals surface area contributed by atoms with Crippen molar-refractivity contribution in [2.75, 3.05) is 7.11 Å². The monoisotopic (exact) mass is 416 g/mol. The molecule has 1 heterocycles. The number of para-hydroxylation sites is 1. The van der Waals surface area contributed by atoms with E-state index in [1.807, 2.05) is 51.1 Å². The standard InChI is InChI=1S/C22H28N2O6/c1-13(2)20(15(4)29-16-9-7-6-8-10-16)30-22(27)14(3)24-21(26)18-19(25)17(28-5)11-12-23-18/h6-15,20,25H,1-5H3,(H,24,26)/t14-,15+,20+/m0/s1. The number of carbonyl (C=O) groups excluding carboxylic acids is 2. The molecule has 30 heavy (non-hydrogen) atoms. The highest BCUT2D eigenvalue weighted by molar-refractivity contribution is 5.97. The van der Waals surface area contributed by atoms with E-state index in [-0.39, 0.29) is 17.4 Å². The Hall–Kier alpha value is -3.29. The van der Waals surface area contributed by atoms with Crippen molar-refractivity contribution in [2.24, 2.45) is 5.92 Å². The fourth-order valence-electron chi connectivity index (χ4n) is 2.88. The fraction of sp³-hybridized carbons (Fsp3) is 0.409. The number of hydrogen-bond donors (Lipinski definition) is 2. The molecule has 0 spiro atoms. The summed E-state index contributed by atoms with van der Waals surface area (Å²) < 4.78 is 16.5. The summed E-state index contributed by atoms with van der Waals surface area (Å²) in [6.45, 7) is 7.17. The van der Waals surface area contributed by atoms with Crippen LogP contribution in [-0.2, 0) is 9.53 Å². The van der Waals surface area contributed by atoms with Gasteiger partial charge in [-0.05, 0) is 31.9 Å². The molecule has 0 bridgehead atoms. The molecule has 0 fully saturated rings. The van der Waals surface area contributed by atoms with Crippen molar-refractivity contribution in [1.29, 1.82) is 0 Å². The number of ether oxygens (including phenoxy) is 3. The summed E-state index contributed by atoms with van der Waals surface area (Å²) >= 11 is 0. The van der Waals surface area contributed by atoms with Crippen molar-refractivity contribution in [3.8, 4) is 17.2 Å². The second-order valence-corrected chi connectivity index (χ2v) is 7.19. The third-order valence-corrected chi connectivity index (χ3v) is 4.46. The van der Waals surface area contributed by atoms with Gasteiger partial charge in [-0.15, -0.1) is 0 Å². The number of benzene rings is 1. The number of pyridine rings is 1. The molecule has 162 valence electrons. The van der Waals surface area contributed by atoms with Gasteiger partial charge in [0.1, 0.15) is 24.0 Å². The van der Waals surface area contributed by atoms with Crippen LogP contribution in [0, 0.1) is 5.92 Å². The van der Waals surface area contributed by atoms with Gasteiger partial charge in [-0.1, -0.05) is 32.0 Å². The van der Waals surface area contributed by atoms with Crippen molar-refractivity contribution in [1.82, 2.24) is 10.3 Å². The zero-order valence-electron chi connectivity index (χ0n) is 17.8. The van der Waals surface area contributed by atoms with E-state index >= 15 is 0 Å². The van der Waals surface area contributed by atoms with Gasteiger partial charge < -0.3 is 24.6 Å². The molecule has 8 heteroatoms. The number of hydrogen-bond acceptors (Lipinski definition) is 7. The summed E-state index contributed by atoms with van der Waals surface area (Å²) in [5.74, 6) is -0.967. The molecular formula is C22H28N2O6. The normalized spacial score (nSPS) is 13.8. The van der Waals surface area contributed by atoms with E-state index in [2.05, 4.69) is 10.3 Å². The zero-order chi connectivity index (χ0) is 22.3. The minimum atomic E-state index is -0.963. The van der Waals surface area contributed by atoms with E-state index in [4.69, 9.17) is 14.2 Å². The maximum absolute atomic E-state index is 12.6. The molecule has 3 atom stereocenters. The molecule has 2 aromatic rings. The number of nitrogens with zero attached hydrogens (tertiary/aromatic N) is 1. The average molecular weight is 416 g/mol. The summed E-state index contributed by atoms with van der Waals surface area (Å²) in [7, 11) is 1.36. The van der Waals surface area contributed by atoms with Crippen molar-refractivity contribution in [2.45, 2.75) is 45.9 Å². The van der Waals surface area contributed by atoms with Crippen LogP contribution in [0.2, 0.25) is 0 Å². The molecule has 8 nitrogen and oxygen atoms in total. The minimum Gasteiger partial charge on any atom is -0.503 e.